The molecular formula is C20H19ClN4O. The summed E-state index contributed by atoms with van der Waals surface area (Å²) in [5, 5.41) is 3.68. The summed E-state index contributed by atoms with van der Waals surface area (Å²) in [5.74, 6) is 0.383. The van der Waals surface area contributed by atoms with Crippen molar-refractivity contribution in [2.45, 2.75) is 13.5 Å². The number of halogens is 1. The number of benzene rings is 2. The van der Waals surface area contributed by atoms with Crippen molar-refractivity contribution in [2.75, 3.05) is 11.9 Å². The van der Waals surface area contributed by atoms with Gasteiger partial charge < -0.3 is 10.2 Å². The van der Waals surface area contributed by atoms with Crippen LogP contribution >= 0.6 is 11.6 Å². The van der Waals surface area contributed by atoms with Gasteiger partial charge in [-0.25, -0.2) is 9.97 Å². The molecular weight excluding hydrogens is 348 g/mol. The third-order valence-corrected chi connectivity index (χ3v) is 4.22. The Morgan fingerprint density at radius 2 is 1.77 bits per heavy atom. The SMILES string of the molecule is CCN(Cc1ccccc1)C(=O)c1cnc(Nc2ccccc2Cl)cn1. The van der Waals surface area contributed by atoms with Crippen molar-refractivity contribution < 1.29 is 4.79 Å². The molecule has 0 fully saturated rings. The Labute approximate surface area is 157 Å². The number of nitrogens with zero attached hydrogens (tertiary/aromatic N) is 3. The summed E-state index contributed by atoms with van der Waals surface area (Å²) >= 11 is 6.12. The summed E-state index contributed by atoms with van der Waals surface area (Å²) in [6, 6.07) is 17.2. The highest BCUT2D eigenvalue weighted by atomic mass is 35.5. The summed E-state index contributed by atoms with van der Waals surface area (Å²) in [5.41, 5.74) is 2.13. The summed E-state index contributed by atoms with van der Waals surface area (Å²) < 4.78 is 0. The van der Waals surface area contributed by atoms with E-state index in [0.717, 1.165) is 11.3 Å². The van der Waals surface area contributed by atoms with Crippen molar-refractivity contribution >= 4 is 29.0 Å². The maximum atomic E-state index is 12.7. The quantitative estimate of drug-likeness (QED) is 0.696. The lowest BCUT2D eigenvalue weighted by Gasteiger charge is -2.20. The minimum atomic E-state index is -0.145. The second-order valence-corrected chi connectivity index (χ2v) is 6.10. The van der Waals surface area contributed by atoms with E-state index < -0.39 is 0 Å². The van der Waals surface area contributed by atoms with Gasteiger partial charge in [0.1, 0.15) is 11.5 Å². The van der Waals surface area contributed by atoms with E-state index in [1.807, 2.05) is 55.5 Å². The third-order valence-electron chi connectivity index (χ3n) is 3.89. The van der Waals surface area contributed by atoms with Crippen LogP contribution in [-0.2, 0) is 6.54 Å². The molecule has 3 rings (SSSR count). The molecule has 0 unspecified atom stereocenters. The van der Waals surface area contributed by atoms with E-state index in [4.69, 9.17) is 11.6 Å². The first-order valence-electron chi connectivity index (χ1n) is 8.34. The molecule has 0 spiro atoms. The molecule has 0 atom stereocenters. The van der Waals surface area contributed by atoms with Crippen LogP contribution in [0.4, 0.5) is 11.5 Å². The number of nitrogens with one attached hydrogen (secondary N) is 1. The topological polar surface area (TPSA) is 58.1 Å². The molecule has 1 heterocycles. The molecule has 1 aromatic heterocycles. The highest BCUT2D eigenvalue weighted by Crippen LogP contribution is 2.23. The fourth-order valence-corrected chi connectivity index (χ4v) is 2.68. The molecule has 0 radical (unpaired) electrons. The molecule has 0 aliphatic carbocycles. The highest BCUT2D eigenvalue weighted by Gasteiger charge is 2.16. The fourth-order valence-electron chi connectivity index (χ4n) is 2.50. The maximum Gasteiger partial charge on any atom is 0.274 e. The molecule has 0 bridgehead atoms. The lowest BCUT2D eigenvalue weighted by Crippen LogP contribution is -2.31. The Morgan fingerprint density at radius 3 is 2.42 bits per heavy atom. The van der Waals surface area contributed by atoms with Gasteiger partial charge in [0.15, 0.2) is 0 Å². The molecule has 1 N–H and O–H groups in total. The fraction of sp³-hybridized carbons (Fsp3) is 0.150. The molecule has 2 aromatic carbocycles. The predicted octanol–water partition coefficient (Wildman–Crippen LogP) is 4.54. The molecule has 5 nitrogen and oxygen atoms in total. The molecule has 132 valence electrons. The van der Waals surface area contributed by atoms with Crippen LogP contribution < -0.4 is 5.32 Å². The van der Waals surface area contributed by atoms with Gasteiger partial charge in [-0.1, -0.05) is 54.1 Å². The molecule has 3 aromatic rings. The Kier molecular flexibility index (Phi) is 5.81. The largest absolute Gasteiger partial charge is 0.338 e. The number of rotatable bonds is 6. The van der Waals surface area contributed by atoms with Crippen molar-refractivity contribution in [3.05, 3.63) is 83.3 Å². The molecule has 0 aliphatic heterocycles. The number of anilines is 2. The molecule has 1 amide bonds. The van der Waals surface area contributed by atoms with Gasteiger partial charge in [0, 0.05) is 13.1 Å². The number of amides is 1. The number of carbonyl (C=O) groups excluding carboxylic acids is 1. The van der Waals surface area contributed by atoms with Crippen LogP contribution in [0.25, 0.3) is 0 Å². The van der Waals surface area contributed by atoms with Crippen LogP contribution in [0, 0.1) is 0 Å². The zero-order valence-corrected chi connectivity index (χ0v) is 15.1. The van der Waals surface area contributed by atoms with Crippen LogP contribution in [-0.4, -0.2) is 27.3 Å². The normalized spacial score (nSPS) is 10.4. The van der Waals surface area contributed by atoms with Crippen molar-refractivity contribution in [1.82, 2.24) is 14.9 Å². The molecule has 0 saturated carbocycles. The maximum absolute atomic E-state index is 12.7. The number of hydrogen-bond donors (Lipinski definition) is 1. The summed E-state index contributed by atoms with van der Waals surface area (Å²) in [7, 11) is 0. The van der Waals surface area contributed by atoms with Gasteiger partial charge in [-0.05, 0) is 24.6 Å². The number of carbonyl (C=O) groups is 1. The second-order valence-electron chi connectivity index (χ2n) is 5.70. The van der Waals surface area contributed by atoms with Gasteiger partial charge in [-0.15, -0.1) is 0 Å². The monoisotopic (exact) mass is 366 g/mol. The average Bonchev–Trinajstić information content (AvgIpc) is 2.69. The number of aromatic nitrogens is 2. The second kappa shape index (κ2) is 8.45. The van der Waals surface area contributed by atoms with Crippen molar-refractivity contribution in [1.29, 1.82) is 0 Å². The van der Waals surface area contributed by atoms with Gasteiger partial charge in [0.2, 0.25) is 0 Å². The van der Waals surface area contributed by atoms with Gasteiger partial charge in [-0.2, -0.15) is 0 Å². The van der Waals surface area contributed by atoms with E-state index in [9.17, 15) is 4.79 Å². The van der Waals surface area contributed by atoms with E-state index in [0.29, 0.717) is 29.6 Å². The average molecular weight is 367 g/mol. The number of para-hydroxylation sites is 1. The molecule has 26 heavy (non-hydrogen) atoms. The van der Waals surface area contributed by atoms with Crippen molar-refractivity contribution in [2.24, 2.45) is 0 Å². The van der Waals surface area contributed by atoms with Crippen LogP contribution in [0.1, 0.15) is 23.0 Å². The minimum Gasteiger partial charge on any atom is -0.338 e. The van der Waals surface area contributed by atoms with Crippen LogP contribution in [0.15, 0.2) is 67.0 Å². The lowest BCUT2D eigenvalue weighted by atomic mass is 10.2. The smallest absolute Gasteiger partial charge is 0.274 e. The van der Waals surface area contributed by atoms with E-state index in [1.165, 1.54) is 12.4 Å². The first kappa shape index (κ1) is 17.9. The van der Waals surface area contributed by atoms with Gasteiger partial charge in [0.25, 0.3) is 5.91 Å². The van der Waals surface area contributed by atoms with Crippen molar-refractivity contribution in [3.8, 4) is 0 Å². The Hall–Kier alpha value is -2.92. The van der Waals surface area contributed by atoms with E-state index in [2.05, 4.69) is 15.3 Å². The zero-order valence-electron chi connectivity index (χ0n) is 14.4. The summed E-state index contributed by atoms with van der Waals surface area (Å²) in [6.07, 6.45) is 3.02. The van der Waals surface area contributed by atoms with E-state index in [1.54, 1.807) is 11.0 Å². The summed E-state index contributed by atoms with van der Waals surface area (Å²) in [6.45, 7) is 3.08. The summed E-state index contributed by atoms with van der Waals surface area (Å²) in [4.78, 5) is 23.0. The number of hydrogen-bond acceptors (Lipinski definition) is 4. The minimum absolute atomic E-state index is 0.145. The first-order valence-corrected chi connectivity index (χ1v) is 8.72. The first-order chi connectivity index (χ1) is 12.7. The van der Waals surface area contributed by atoms with Crippen LogP contribution in [0.2, 0.25) is 5.02 Å². The molecule has 6 heteroatoms. The van der Waals surface area contributed by atoms with Gasteiger partial charge in [0.05, 0.1) is 23.1 Å². The Balaban J connectivity index is 1.70. The van der Waals surface area contributed by atoms with Crippen molar-refractivity contribution in [3.63, 3.8) is 0 Å². The standard InChI is InChI=1S/C20H19ClN4O/c1-2-25(14-15-8-4-3-5-9-15)20(26)18-12-23-19(13-22-18)24-17-11-7-6-10-16(17)21/h3-13H,2,14H2,1H3,(H,23,24). The third kappa shape index (κ3) is 4.37. The molecule has 0 saturated heterocycles. The lowest BCUT2D eigenvalue weighted by molar-refractivity contribution is 0.0746. The predicted molar refractivity (Wildman–Crippen MR) is 104 cm³/mol. The Bertz CT molecular complexity index is 868. The van der Waals surface area contributed by atoms with Gasteiger partial charge in [-0.3, -0.25) is 4.79 Å². The van der Waals surface area contributed by atoms with Gasteiger partial charge >= 0.3 is 0 Å². The highest BCUT2D eigenvalue weighted by molar-refractivity contribution is 6.33. The van der Waals surface area contributed by atoms with E-state index in [-0.39, 0.29) is 5.91 Å². The zero-order chi connectivity index (χ0) is 18.4. The Morgan fingerprint density at radius 1 is 1.04 bits per heavy atom. The van der Waals surface area contributed by atoms with Crippen LogP contribution in [0.5, 0.6) is 0 Å². The van der Waals surface area contributed by atoms with Crippen LogP contribution in [0.3, 0.4) is 0 Å². The molecule has 0 aliphatic rings. The van der Waals surface area contributed by atoms with E-state index >= 15 is 0 Å².